The van der Waals surface area contributed by atoms with Crippen molar-refractivity contribution in [3.05, 3.63) is 210 Å². The molecule has 2 N–H and O–H groups in total. The molecule has 0 amide bonds. The minimum absolute atomic E-state index is 0.638. The fourth-order valence-corrected chi connectivity index (χ4v) is 7.60. The first kappa shape index (κ1) is 40.7. The summed E-state index contributed by atoms with van der Waals surface area (Å²) < 4.78 is 2.39. The number of nitrogens with zero attached hydrogens (tertiary/aromatic N) is 5. The summed E-state index contributed by atoms with van der Waals surface area (Å²) in [6.07, 6.45) is 12.3. The second-order valence-electron chi connectivity index (χ2n) is 13.1. The Hall–Kier alpha value is -6.93. The Kier molecular flexibility index (Phi) is 14.3. The molecular formula is C51H48N6S. The molecule has 0 aliphatic carbocycles. The van der Waals surface area contributed by atoms with Gasteiger partial charge in [-0.05, 0) is 79.4 Å². The van der Waals surface area contributed by atoms with Gasteiger partial charge < -0.3 is 10.6 Å². The van der Waals surface area contributed by atoms with Gasteiger partial charge in [0.2, 0.25) is 5.96 Å². The van der Waals surface area contributed by atoms with Crippen LogP contribution in [0.4, 0.5) is 17.1 Å². The molecule has 0 saturated heterocycles. The summed E-state index contributed by atoms with van der Waals surface area (Å²) in [6.45, 7) is 10.1. The van der Waals surface area contributed by atoms with E-state index in [4.69, 9.17) is 10.7 Å². The molecule has 0 bridgehead atoms. The first-order valence-electron chi connectivity index (χ1n) is 19.1. The van der Waals surface area contributed by atoms with Crippen molar-refractivity contribution in [2.24, 2.45) is 20.7 Å². The van der Waals surface area contributed by atoms with Crippen LogP contribution in [0.3, 0.4) is 0 Å². The molecule has 0 spiro atoms. The van der Waals surface area contributed by atoms with Gasteiger partial charge in [0.05, 0.1) is 11.4 Å². The monoisotopic (exact) mass is 776 g/mol. The second-order valence-corrected chi connectivity index (χ2v) is 14.2. The van der Waals surface area contributed by atoms with E-state index in [1.807, 2.05) is 116 Å². The van der Waals surface area contributed by atoms with Gasteiger partial charge in [-0.3, -0.25) is 9.89 Å². The molecule has 0 fully saturated rings. The first-order valence-corrected chi connectivity index (χ1v) is 19.9. The fourth-order valence-electron chi connectivity index (χ4n) is 6.49. The number of aliphatic imine (C=N–C) groups is 3. The van der Waals surface area contributed by atoms with Crippen LogP contribution in [0.1, 0.15) is 29.2 Å². The Morgan fingerprint density at radius 1 is 0.776 bits per heavy atom. The number of likely N-dealkylation sites (N-methyl/N-ethyl adjacent to an activating group) is 1. The average Bonchev–Trinajstić information content (AvgIpc) is 3.61. The van der Waals surface area contributed by atoms with Crippen LogP contribution < -0.4 is 10.6 Å². The van der Waals surface area contributed by atoms with E-state index in [1.165, 1.54) is 20.5 Å². The first-order chi connectivity index (χ1) is 28.5. The predicted molar refractivity (Wildman–Crippen MR) is 254 cm³/mol. The van der Waals surface area contributed by atoms with Crippen LogP contribution in [0.2, 0.25) is 0 Å². The van der Waals surface area contributed by atoms with Crippen LogP contribution in [-0.2, 0) is 6.54 Å². The molecule has 2 heterocycles. The van der Waals surface area contributed by atoms with E-state index >= 15 is 0 Å². The van der Waals surface area contributed by atoms with E-state index in [9.17, 15) is 0 Å². The number of fused-ring (bicyclic) bond motifs is 4. The van der Waals surface area contributed by atoms with Crippen molar-refractivity contribution >= 4 is 79.2 Å². The number of thiophene rings is 1. The number of hydrogen-bond acceptors (Lipinski definition) is 4. The maximum atomic E-state index is 5.35. The van der Waals surface area contributed by atoms with E-state index in [-0.39, 0.29) is 0 Å². The summed E-state index contributed by atoms with van der Waals surface area (Å²) in [7, 11) is 3.83. The van der Waals surface area contributed by atoms with Crippen LogP contribution in [0.5, 0.6) is 0 Å². The summed E-state index contributed by atoms with van der Waals surface area (Å²) in [5.41, 5.74) is 13.8. The number of hydrogen-bond donors (Lipinski definition) is 1. The number of benzene rings is 6. The van der Waals surface area contributed by atoms with Gasteiger partial charge in [0.1, 0.15) is 0 Å². The van der Waals surface area contributed by atoms with Gasteiger partial charge in [0, 0.05) is 63.3 Å². The van der Waals surface area contributed by atoms with Crippen molar-refractivity contribution in [3.8, 4) is 0 Å². The highest BCUT2D eigenvalue weighted by molar-refractivity contribution is 7.25. The van der Waals surface area contributed by atoms with Gasteiger partial charge >= 0.3 is 0 Å². The van der Waals surface area contributed by atoms with E-state index in [0.717, 1.165) is 50.6 Å². The maximum absolute atomic E-state index is 5.35. The zero-order chi connectivity index (χ0) is 40.7. The van der Waals surface area contributed by atoms with Crippen LogP contribution >= 0.6 is 11.3 Å². The molecule has 0 radical (unpaired) electrons. The molecule has 1 aromatic heterocycles. The normalized spacial score (nSPS) is 13.4. The van der Waals surface area contributed by atoms with Crippen LogP contribution in [0.15, 0.2) is 203 Å². The maximum Gasteiger partial charge on any atom is 0.215 e. The highest BCUT2D eigenvalue weighted by atomic mass is 32.1. The van der Waals surface area contributed by atoms with Gasteiger partial charge in [-0.25, -0.2) is 9.98 Å². The van der Waals surface area contributed by atoms with E-state index < -0.39 is 0 Å². The Labute approximate surface area is 346 Å². The smallest absolute Gasteiger partial charge is 0.215 e. The molecule has 1 aliphatic heterocycles. The number of amidine groups is 1. The number of allylic oxidation sites excluding steroid dienone is 4. The molecule has 8 rings (SSSR count). The Morgan fingerprint density at radius 2 is 1.47 bits per heavy atom. The van der Waals surface area contributed by atoms with Gasteiger partial charge in [-0.15, -0.1) is 11.3 Å². The number of anilines is 2. The Bertz CT molecular complexity index is 2620. The lowest BCUT2D eigenvalue weighted by molar-refractivity contribution is 0.644. The van der Waals surface area contributed by atoms with Crippen molar-refractivity contribution in [1.29, 1.82) is 0 Å². The van der Waals surface area contributed by atoms with Gasteiger partial charge in [0.25, 0.3) is 0 Å². The largest absolute Gasteiger partial charge is 0.326 e. The number of guanidine groups is 1. The molecule has 1 aliphatic rings. The molecule has 288 valence electrons. The predicted octanol–water partition coefficient (Wildman–Crippen LogP) is 12.9. The third-order valence-corrected chi connectivity index (χ3v) is 10.5. The molecule has 0 atom stereocenters. The molecular weight excluding hydrogens is 729 g/mol. The lowest BCUT2D eigenvalue weighted by Crippen LogP contribution is -2.38. The molecule has 58 heavy (non-hydrogen) atoms. The molecule has 6 nitrogen and oxygen atoms in total. The third-order valence-electron chi connectivity index (χ3n) is 9.38. The quantitative estimate of drug-likeness (QED) is 0.0995. The minimum atomic E-state index is 0.638. The summed E-state index contributed by atoms with van der Waals surface area (Å²) >= 11 is 1.77. The SMILES string of the molecule is C=Cc1ccccc1.C=NC(=NC)c1cccc2sc3ccc(N4C(=Nc5ccccc5)N(C)C(/C=C\C=C/C)=Cc5ccccc54)cc3c12.NCc1ccccc1. The van der Waals surface area contributed by atoms with E-state index in [1.54, 1.807) is 18.4 Å². The number of para-hydroxylation sites is 2. The third kappa shape index (κ3) is 9.71. The van der Waals surface area contributed by atoms with Gasteiger partial charge in [-0.1, -0.05) is 140 Å². The van der Waals surface area contributed by atoms with Crippen molar-refractivity contribution < 1.29 is 0 Å². The number of rotatable bonds is 7. The van der Waals surface area contributed by atoms with E-state index in [2.05, 4.69) is 119 Å². The summed E-state index contributed by atoms with van der Waals surface area (Å²) in [4.78, 5) is 18.3. The zero-order valence-electron chi connectivity index (χ0n) is 33.2. The molecule has 7 heteroatoms. The van der Waals surface area contributed by atoms with Crippen molar-refractivity contribution in [2.75, 3.05) is 19.0 Å². The fraction of sp³-hybridized carbons (Fsp3) is 0.0784. The lowest BCUT2D eigenvalue weighted by atomic mass is 10.0. The topological polar surface area (TPSA) is 69.6 Å². The van der Waals surface area contributed by atoms with Gasteiger partial charge in [-0.2, -0.15) is 0 Å². The van der Waals surface area contributed by atoms with Crippen molar-refractivity contribution in [3.63, 3.8) is 0 Å². The van der Waals surface area contributed by atoms with Crippen LogP contribution in [-0.4, -0.2) is 37.5 Å². The second kappa shape index (κ2) is 20.3. The van der Waals surface area contributed by atoms with Crippen LogP contribution in [0, 0.1) is 0 Å². The van der Waals surface area contributed by atoms with Crippen molar-refractivity contribution in [1.82, 2.24) is 4.90 Å². The highest BCUT2D eigenvalue weighted by Gasteiger charge is 2.27. The average molecular weight is 777 g/mol. The van der Waals surface area contributed by atoms with Gasteiger partial charge in [0.15, 0.2) is 5.84 Å². The molecule has 7 aromatic rings. The molecule has 6 aromatic carbocycles. The Morgan fingerprint density at radius 3 is 2.10 bits per heavy atom. The highest BCUT2D eigenvalue weighted by Crippen LogP contribution is 2.42. The standard InChI is InChI=1S/C36H31N5S.C8H8.C7H9N/c1-5-6-8-17-27-23-25-14-11-12-19-31(25)41(36(40(27)4)39-26-15-9-7-10-16-26)28-21-22-32-30(24-28)34-29(35(37-2)38-3)18-13-20-33(34)42-32;1-2-8-6-4-3-5-7-8;8-6-7-4-2-1-3-5-7/h5-24H,2H2,1,3-4H3;2-7H,1H2;1-5H,6,8H2/b6-5-,17-8-,38-35?,39-36?;;. The summed E-state index contributed by atoms with van der Waals surface area (Å²) in [6, 6.07) is 51.5. The minimum Gasteiger partial charge on any atom is -0.326 e. The Balaban J connectivity index is 0.000000293. The van der Waals surface area contributed by atoms with Crippen LogP contribution in [0.25, 0.3) is 32.3 Å². The summed E-state index contributed by atoms with van der Waals surface area (Å²) in [5, 5.41) is 2.29. The summed E-state index contributed by atoms with van der Waals surface area (Å²) in [5.74, 6) is 1.43. The molecule has 0 saturated carbocycles. The zero-order valence-corrected chi connectivity index (χ0v) is 34.1. The number of nitrogens with two attached hydrogens (primary N) is 1. The van der Waals surface area contributed by atoms with E-state index in [0.29, 0.717) is 12.4 Å². The molecule has 0 unspecified atom stereocenters. The van der Waals surface area contributed by atoms with Crippen molar-refractivity contribution in [2.45, 2.75) is 13.5 Å². The lowest BCUT2D eigenvalue weighted by Gasteiger charge is -2.31.